The Hall–Kier alpha value is -1.23. The molecule has 9 heteroatoms. The van der Waals surface area contributed by atoms with Crippen LogP contribution in [0.15, 0.2) is 23.2 Å². The maximum Gasteiger partial charge on any atom is 0.387 e. The third kappa shape index (κ3) is 7.36. The van der Waals surface area contributed by atoms with E-state index in [-0.39, 0.29) is 47.9 Å². The number of aliphatic imine (C=N–C) groups is 1. The van der Waals surface area contributed by atoms with Crippen LogP contribution in [0.1, 0.15) is 32.3 Å². The molecule has 1 heterocycles. The van der Waals surface area contributed by atoms with Crippen LogP contribution in [0.3, 0.4) is 0 Å². The van der Waals surface area contributed by atoms with E-state index in [9.17, 15) is 13.2 Å². The molecule has 1 aromatic rings. The summed E-state index contributed by atoms with van der Waals surface area (Å²) >= 11 is 0. The number of nitrogens with zero attached hydrogens (tertiary/aromatic N) is 2. The molecule has 27 heavy (non-hydrogen) atoms. The molecular weight excluding hydrogens is 472 g/mol. The summed E-state index contributed by atoms with van der Waals surface area (Å²) in [6, 6.07) is 4.68. The zero-order valence-corrected chi connectivity index (χ0v) is 18.2. The minimum Gasteiger partial charge on any atom is -0.434 e. The van der Waals surface area contributed by atoms with E-state index < -0.39 is 12.4 Å². The van der Waals surface area contributed by atoms with E-state index in [0.717, 1.165) is 25.9 Å². The number of rotatable bonds is 6. The molecule has 0 atom stereocenters. The highest BCUT2D eigenvalue weighted by molar-refractivity contribution is 14.0. The highest BCUT2D eigenvalue weighted by Gasteiger charge is 2.21. The molecule has 1 saturated heterocycles. The summed E-state index contributed by atoms with van der Waals surface area (Å²) in [5.41, 5.74) is 0.0466. The molecular formula is C18H28F3IN4O. The quantitative estimate of drug-likeness (QED) is 0.356. The molecule has 0 saturated carbocycles. The van der Waals surface area contributed by atoms with E-state index in [1.807, 2.05) is 0 Å². The minimum absolute atomic E-state index is 0. The van der Waals surface area contributed by atoms with Crippen LogP contribution in [0.25, 0.3) is 0 Å². The van der Waals surface area contributed by atoms with Crippen LogP contribution in [0.5, 0.6) is 5.75 Å². The van der Waals surface area contributed by atoms with Crippen LogP contribution in [-0.2, 0) is 6.54 Å². The maximum atomic E-state index is 14.0. The number of nitrogens with one attached hydrogen (secondary N) is 2. The van der Waals surface area contributed by atoms with E-state index in [1.165, 1.54) is 18.2 Å². The first-order chi connectivity index (χ1) is 12.4. The van der Waals surface area contributed by atoms with Crippen LogP contribution in [-0.4, -0.2) is 49.7 Å². The first kappa shape index (κ1) is 23.8. The van der Waals surface area contributed by atoms with Crippen molar-refractivity contribution in [1.82, 2.24) is 15.5 Å². The van der Waals surface area contributed by atoms with Gasteiger partial charge in [-0.1, -0.05) is 6.07 Å². The Morgan fingerprint density at radius 1 is 1.30 bits per heavy atom. The van der Waals surface area contributed by atoms with Crippen molar-refractivity contribution in [2.24, 2.45) is 4.99 Å². The number of hydrogen-bond donors (Lipinski definition) is 2. The minimum atomic E-state index is -3.00. The van der Waals surface area contributed by atoms with Crippen LogP contribution < -0.4 is 15.4 Å². The van der Waals surface area contributed by atoms with Crippen molar-refractivity contribution in [3.8, 4) is 5.75 Å². The molecule has 2 rings (SSSR count). The summed E-state index contributed by atoms with van der Waals surface area (Å²) in [6.07, 6.45) is 1.97. The predicted molar refractivity (Wildman–Crippen MR) is 112 cm³/mol. The van der Waals surface area contributed by atoms with Gasteiger partial charge in [0.1, 0.15) is 11.6 Å². The number of alkyl halides is 2. The Labute approximate surface area is 175 Å². The molecule has 5 nitrogen and oxygen atoms in total. The average molecular weight is 500 g/mol. The first-order valence-corrected chi connectivity index (χ1v) is 8.84. The highest BCUT2D eigenvalue weighted by atomic mass is 127. The van der Waals surface area contributed by atoms with Crippen molar-refractivity contribution in [1.29, 1.82) is 0 Å². The molecule has 1 aromatic carbocycles. The fourth-order valence-electron chi connectivity index (χ4n) is 3.04. The smallest absolute Gasteiger partial charge is 0.387 e. The zero-order chi connectivity index (χ0) is 19.1. The fraction of sp³-hybridized carbons (Fsp3) is 0.611. The number of likely N-dealkylation sites (tertiary alicyclic amines) is 1. The van der Waals surface area contributed by atoms with Crippen molar-refractivity contribution in [2.45, 2.75) is 51.9 Å². The van der Waals surface area contributed by atoms with Gasteiger partial charge < -0.3 is 20.3 Å². The Morgan fingerprint density at radius 3 is 2.52 bits per heavy atom. The summed E-state index contributed by atoms with van der Waals surface area (Å²) < 4.78 is 43.4. The van der Waals surface area contributed by atoms with Gasteiger partial charge >= 0.3 is 6.61 Å². The average Bonchev–Trinajstić information content (AvgIpc) is 2.60. The fourth-order valence-corrected chi connectivity index (χ4v) is 3.04. The van der Waals surface area contributed by atoms with Gasteiger partial charge in [-0.25, -0.2) is 4.39 Å². The lowest BCUT2D eigenvalue weighted by Gasteiger charge is -2.35. The van der Waals surface area contributed by atoms with Crippen molar-refractivity contribution in [3.63, 3.8) is 0 Å². The number of benzene rings is 1. The van der Waals surface area contributed by atoms with Crippen LogP contribution >= 0.6 is 24.0 Å². The topological polar surface area (TPSA) is 48.9 Å². The van der Waals surface area contributed by atoms with Gasteiger partial charge in [0, 0.05) is 44.3 Å². The monoisotopic (exact) mass is 500 g/mol. The van der Waals surface area contributed by atoms with Gasteiger partial charge in [0.2, 0.25) is 0 Å². The van der Waals surface area contributed by atoms with E-state index in [0.29, 0.717) is 12.0 Å². The van der Waals surface area contributed by atoms with Gasteiger partial charge in [-0.3, -0.25) is 4.99 Å². The van der Waals surface area contributed by atoms with Crippen molar-refractivity contribution in [2.75, 3.05) is 20.1 Å². The second-order valence-electron chi connectivity index (χ2n) is 6.57. The third-order valence-electron chi connectivity index (χ3n) is 4.55. The second kappa shape index (κ2) is 11.6. The van der Waals surface area contributed by atoms with E-state index in [2.05, 4.69) is 39.1 Å². The van der Waals surface area contributed by atoms with Crippen LogP contribution in [0.4, 0.5) is 13.2 Å². The Kier molecular flexibility index (Phi) is 10.2. The summed E-state index contributed by atoms with van der Waals surface area (Å²) in [5, 5.41) is 6.30. The van der Waals surface area contributed by atoms with Crippen molar-refractivity contribution < 1.29 is 17.9 Å². The molecule has 0 amide bonds. The molecule has 0 spiro atoms. The summed E-state index contributed by atoms with van der Waals surface area (Å²) in [6.45, 7) is 3.37. The standard InChI is InChI=1S/C18H27F3N4O.HI/c1-12(2)25-9-7-13(8-10-25)24-18(22-3)23-11-14-15(19)5-4-6-16(14)26-17(20)21;/h4-6,12-13,17H,7-11H2,1-3H3,(H2,22,23,24);1H. The molecule has 1 aliphatic heterocycles. The SMILES string of the molecule is CN=C(NCc1c(F)cccc1OC(F)F)NC1CCN(C(C)C)CC1.I. The van der Waals surface area contributed by atoms with Crippen LogP contribution in [0.2, 0.25) is 0 Å². The molecule has 0 aromatic heterocycles. The molecule has 0 unspecified atom stereocenters. The second-order valence-corrected chi connectivity index (χ2v) is 6.57. The summed E-state index contributed by atoms with van der Waals surface area (Å²) in [5.74, 6) is -0.260. The van der Waals surface area contributed by atoms with Gasteiger partial charge in [-0.05, 0) is 38.8 Å². The predicted octanol–water partition coefficient (Wildman–Crippen LogP) is 3.58. The largest absolute Gasteiger partial charge is 0.434 e. The van der Waals surface area contributed by atoms with E-state index in [1.54, 1.807) is 7.05 Å². The maximum absolute atomic E-state index is 14.0. The summed E-state index contributed by atoms with van der Waals surface area (Å²) in [4.78, 5) is 6.56. The Bertz CT molecular complexity index is 608. The molecule has 0 bridgehead atoms. The lowest BCUT2D eigenvalue weighted by molar-refractivity contribution is -0.0506. The number of piperidine rings is 1. The van der Waals surface area contributed by atoms with Crippen LogP contribution in [0, 0.1) is 5.82 Å². The highest BCUT2D eigenvalue weighted by Crippen LogP contribution is 2.23. The lowest BCUT2D eigenvalue weighted by Crippen LogP contribution is -2.49. The number of guanidine groups is 1. The molecule has 154 valence electrons. The van der Waals surface area contributed by atoms with Gasteiger partial charge in [0.05, 0.1) is 0 Å². The lowest BCUT2D eigenvalue weighted by atomic mass is 10.0. The number of hydrogen-bond acceptors (Lipinski definition) is 3. The third-order valence-corrected chi connectivity index (χ3v) is 4.55. The molecule has 1 fully saturated rings. The molecule has 1 aliphatic rings. The molecule has 0 aliphatic carbocycles. The van der Waals surface area contributed by atoms with E-state index >= 15 is 0 Å². The molecule has 2 N–H and O–H groups in total. The first-order valence-electron chi connectivity index (χ1n) is 8.84. The Balaban J connectivity index is 0.00000364. The zero-order valence-electron chi connectivity index (χ0n) is 15.8. The number of halogens is 4. The Morgan fingerprint density at radius 2 is 1.96 bits per heavy atom. The van der Waals surface area contributed by atoms with Gasteiger partial charge in [-0.2, -0.15) is 8.78 Å². The van der Waals surface area contributed by atoms with E-state index in [4.69, 9.17) is 0 Å². The van der Waals surface area contributed by atoms with Gasteiger partial charge in [-0.15, -0.1) is 24.0 Å². The summed E-state index contributed by atoms with van der Waals surface area (Å²) in [7, 11) is 1.62. The van der Waals surface area contributed by atoms with Gasteiger partial charge in [0.15, 0.2) is 5.96 Å². The van der Waals surface area contributed by atoms with Crippen molar-refractivity contribution in [3.05, 3.63) is 29.6 Å². The molecule has 0 radical (unpaired) electrons. The van der Waals surface area contributed by atoms with Gasteiger partial charge in [0.25, 0.3) is 0 Å². The number of ether oxygens (including phenoxy) is 1. The normalized spacial score (nSPS) is 16.4. The van der Waals surface area contributed by atoms with Crippen molar-refractivity contribution >= 4 is 29.9 Å².